The molecule has 9 heteroatoms. The molecule has 0 aliphatic heterocycles. The number of benzene rings is 3. The van der Waals surface area contributed by atoms with Crippen molar-refractivity contribution in [3.8, 4) is 40.2 Å². The third-order valence-electron chi connectivity index (χ3n) is 5.85. The second-order valence-electron chi connectivity index (χ2n) is 7.97. The molecule has 39 heavy (non-hydrogen) atoms. The summed E-state index contributed by atoms with van der Waals surface area (Å²) in [6.45, 7) is 0. The Kier molecular flexibility index (Phi) is 10.1. The summed E-state index contributed by atoms with van der Waals surface area (Å²) < 4.78 is 38.0. The highest BCUT2D eigenvalue weighted by atomic mass is 16.5. The van der Waals surface area contributed by atoms with Gasteiger partial charge in [0.2, 0.25) is 5.75 Å². The van der Waals surface area contributed by atoms with Crippen molar-refractivity contribution >= 4 is 23.6 Å². The Balaban J connectivity index is 1.94. The first kappa shape index (κ1) is 28.8. The van der Waals surface area contributed by atoms with Crippen LogP contribution in [0, 0.1) is 0 Å². The van der Waals surface area contributed by atoms with Gasteiger partial charge in [0.05, 0.1) is 55.5 Å². The van der Waals surface area contributed by atoms with Crippen LogP contribution in [-0.4, -0.2) is 55.6 Å². The van der Waals surface area contributed by atoms with E-state index < -0.39 is 0 Å². The van der Waals surface area contributed by atoms with Crippen molar-refractivity contribution in [3.63, 3.8) is 0 Å². The monoisotopic (exact) mass is 535 g/mol. The Labute approximate surface area is 228 Å². The summed E-state index contributed by atoms with van der Waals surface area (Å²) >= 11 is 0. The molecule has 3 rings (SSSR count). The Morgan fingerprint density at radius 1 is 0.615 bits per heavy atom. The standard InChI is InChI=1S/C30H33NO8/c1-33-23-12-11-21(18-25(23)35-3)22(32)14-15-31-28-20(10-13-24(34-2)30(28)39-7)9-8-19-16-26(36-4)29(38-6)27(17-19)37-5/h8-18,31H,1-7H3. The first-order valence-corrected chi connectivity index (χ1v) is 11.9. The highest BCUT2D eigenvalue weighted by molar-refractivity contribution is 6.05. The summed E-state index contributed by atoms with van der Waals surface area (Å²) in [5.41, 5.74) is 2.66. The molecule has 0 amide bonds. The van der Waals surface area contributed by atoms with E-state index in [0.29, 0.717) is 51.5 Å². The van der Waals surface area contributed by atoms with Crippen LogP contribution in [0.25, 0.3) is 12.2 Å². The topological polar surface area (TPSA) is 93.7 Å². The normalized spacial score (nSPS) is 10.8. The minimum Gasteiger partial charge on any atom is -0.493 e. The van der Waals surface area contributed by atoms with Crippen molar-refractivity contribution in [1.29, 1.82) is 0 Å². The Bertz CT molecular complexity index is 1340. The maximum atomic E-state index is 12.8. The minimum absolute atomic E-state index is 0.222. The molecule has 0 bridgehead atoms. The average Bonchev–Trinajstić information content (AvgIpc) is 2.98. The van der Waals surface area contributed by atoms with E-state index in [1.165, 1.54) is 13.2 Å². The fraction of sp³-hybridized carbons (Fsp3) is 0.233. The zero-order chi connectivity index (χ0) is 28.4. The molecule has 0 aliphatic carbocycles. The SMILES string of the molecule is COc1ccc(C(=O)C=CNc2c(C=Cc3cc(OC)c(OC)c(OC)c3)ccc(OC)c2OC)cc1OC. The molecule has 3 aromatic carbocycles. The summed E-state index contributed by atoms with van der Waals surface area (Å²) in [7, 11) is 10.9. The number of ether oxygens (including phenoxy) is 7. The Morgan fingerprint density at radius 3 is 1.77 bits per heavy atom. The second kappa shape index (κ2) is 13.7. The molecule has 0 heterocycles. The third kappa shape index (κ3) is 6.56. The number of carbonyl (C=O) groups excluding carboxylic acids is 1. The van der Waals surface area contributed by atoms with Gasteiger partial charge in [0.25, 0.3) is 0 Å². The lowest BCUT2D eigenvalue weighted by atomic mass is 10.1. The second-order valence-corrected chi connectivity index (χ2v) is 7.97. The summed E-state index contributed by atoms with van der Waals surface area (Å²) in [4.78, 5) is 12.8. The first-order valence-electron chi connectivity index (χ1n) is 11.9. The lowest BCUT2D eigenvalue weighted by Gasteiger charge is -2.15. The molecule has 0 fully saturated rings. The molecule has 0 saturated carbocycles. The largest absolute Gasteiger partial charge is 0.493 e. The van der Waals surface area contributed by atoms with E-state index in [4.69, 9.17) is 33.2 Å². The van der Waals surface area contributed by atoms with E-state index in [0.717, 1.165) is 11.1 Å². The van der Waals surface area contributed by atoms with Gasteiger partial charge in [-0.1, -0.05) is 12.2 Å². The van der Waals surface area contributed by atoms with Crippen molar-refractivity contribution in [2.75, 3.05) is 55.1 Å². The van der Waals surface area contributed by atoms with Crippen molar-refractivity contribution in [2.45, 2.75) is 0 Å². The predicted octanol–water partition coefficient (Wildman–Crippen LogP) is 5.73. The number of anilines is 1. The van der Waals surface area contributed by atoms with Crippen molar-refractivity contribution in [2.24, 2.45) is 0 Å². The lowest BCUT2D eigenvalue weighted by Crippen LogP contribution is -2.01. The van der Waals surface area contributed by atoms with Crippen LogP contribution in [0.5, 0.6) is 40.2 Å². The van der Waals surface area contributed by atoms with Crippen molar-refractivity contribution < 1.29 is 38.0 Å². The zero-order valence-corrected chi connectivity index (χ0v) is 23.1. The highest BCUT2D eigenvalue weighted by Gasteiger charge is 2.15. The summed E-state index contributed by atoms with van der Waals surface area (Å²) in [6, 6.07) is 12.3. The van der Waals surface area contributed by atoms with Gasteiger partial charge in [-0.05, 0) is 48.0 Å². The van der Waals surface area contributed by atoms with Crippen LogP contribution >= 0.6 is 0 Å². The fourth-order valence-electron chi connectivity index (χ4n) is 3.90. The van der Waals surface area contributed by atoms with Gasteiger partial charge in [-0.3, -0.25) is 4.79 Å². The zero-order valence-electron chi connectivity index (χ0n) is 23.1. The van der Waals surface area contributed by atoms with Crippen LogP contribution in [0.4, 0.5) is 5.69 Å². The number of nitrogens with one attached hydrogen (secondary N) is 1. The third-order valence-corrected chi connectivity index (χ3v) is 5.85. The quantitative estimate of drug-likeness (QED) is 0.167. The molecule has 0 spiro atoms. The molecule has 0 unspecified atom stereocenters. The van der Waals surface area contributed by atoms with Gasteiger partial charge in [0.1, 0.15) is 0 Å². The van der Waals surface area contributed by atoms with E-state index in [9.17, 15) is 4.79 Å². The summed E-state index contributed by atoms with van der Waals surface area (Å²) in [5.74, 6) is 3.39. The number of hydrogen-bond acceptors (Lipinski definition) is 9. The smallest absolute Gasteiger partial charge is 0.203 e. The van der Waals surface area contributed by atoms with Crippen molar-refractivity contribution in [3.05, 3.63) is 71.4 Å². The molecule has 0 aliphatic rings. The number of methoxy groups -OCH3 is 7. The van der Waals surface area contributed by atoms with E-state index in [-0.39, 0.29) is 5.78 Å². The molecule has 0 saturated heterocycles. The minimum atomic E-state index is -0.222. The molecule has 3 aromatic rings. The van der Waals surface area contributed by atoms with Gasteiger partial charge < -0.3 is 38.5 Å². The van der Waals surface area contributed by atoms with Gasteiger partial charge in [0, 0.05) is 23.4 Å². The number of ketones is 1. The molecule has 9 nitrogen and oxygen atoms in total. The van der Waals surface area contributed by atoms with Crippen LogP contribution < -0.4 is 38.5 Å². The summed E-state index contributed by atoms with van der Waals surface area (Å²) in [6.07, 6.45) is 6.77. The molecule has 1 N–H and O–H groups in total. The molecule has 0 atom stereocenters. The number of hydrogen-bond donors (Lipinski definition) is 1. The van der Waals surface area contributed by atoms with Gasteiger partial charge in [-0.2, -0.15) is 0 Å². The molecule has 206 valence electrons. The Hall–Kier alpha value is -4.79. The predicted molar refractivity (Wildman–Crippen MR) is 151 cm³/mol. The lowest BCUT2D eigenvalue weighted by molar-refractivity contribution is 0.104. The maximum Gasteiger partial charge on any atom is 0.203 e. The fourth-order valence-corrected chi connectivity index (χ4v) is 3.90. The molecule has 0 radical (unpaired) electrons. The van der Waals surface area contributed by atoms with Crippen LogP contribution in [0.2, 0.25) is 0 Å². The number of allylic oxidation sites excluding steroid dienone is 1. The Morgan fingerprint density at radius 2 is 1.21 bits per heavy atom. The van der Waals surface area contributed by atoms with Gasteiger partial charge >= 0.3 is 0 Å². The van der Waals surface area contributed by atoms with E-state index in [1.54, 1.807) is 73.1 Å². The molecular formula is C30H33NO8. The van der Waals surface area contributed by atoms with Crippen LogP contribution in [0.1, 0.15) is 21.5 Å². The van der Waals surface area contributed by atoms with Crippen molar-refractivity contribution in [1.82, 2.24) is 0 Å². The van der Waals surface area contributed by atoms with E-state index in [2.05, 4.69) is 5.32 Å². The van der Waals surface area contributed by atoms with E-state index >= 15 is 0 Å². The van der Waals surface area contributed by atoms with Gasteiger partial charge in [0.15, 0.2) is 40.3 Å². The van der Waals surface area contributed by atoms with Crippen LogP contribution in [0.3, 0.4) is 0 Å². The van der Waals surface area contributed by atoms with Gasteiger partial charge in [-0.25, -0.2) is 0 Å². The number of rotatable bonds is 13. The van der Waals surface area contributed by atoms with Crippen LogP contribution in [-0.2, 0) is 0 Å². The maximum absolute atomic E-state index is 12.8. The highest BCUT2D eigenvalue weighted by Crippen LogP contribution is 2.41. The van der Waals surface area contributed by atoms with E-state index in [1.807, 2.05) is 30.4 Å². The molecule has 0 aromatic heterocycles. The summed E-state index contributed by atoms with van der Waals surface area (Å²) in [5, 5.41) is 3.18. The van der Waals surface area contributed by atoms with Gasteiger partial charge in [-0.15, -0.1) is 0 Å². The number of carbonyl (C=O) groups is 1. The average molecular weight is 536 g/mol. The molecular weight excluding hydrogens is 502 g/mol. The first-order chi connectivity index (χ1) is 18.9. The van der Waals surface area contributed by atoms with Crippen LogP contribution in [0.15, 0.2) is 54.7 Å².